The van der Waals surface area contributed by atoms with E-state index >= 15 is 0 Å². The number of pyridine rings is 1. The van der Waals surface area contributed by atoms with Gasteiger partial charge in [-0.05, 0) is 50.6 Å². The van der Waals surface area contributed by atoms with Crippen LogP contribution in [0.5, 0.6) is 5.75 Å². The molecule has 0 saturated heterocycles. The molecule has 1 aliphatic heterocycles. The van der Waals surface area contributed by atoms with Crippen LogP contribution in [0.1, 0.15) is 31.0 Å². The Bertz CT molecular complexity index is 908. The van der Waals surface area contributed by atoms with E-state index in [9.17, 15) is 5.11 Å². The molecule has 0 radical (unpaired) electrons. The lowest BCUT2D eigenvalue weighted by Gasteiger charge is -2.43. The van der Waals surface area contributed by atoms with Gasteiger partial charge in [0, 0.05) is 17.1 Å². The van der Waals surface area contributed by atoms with E-state index in [1.165, 1.54) is 5.56 Å². The van der Waals surface area contributed by atoms with Gasteiger partial charge in [-0.1, -0.05) is 36.4 Å². The summed E-state index contributed by atoms with van der Waals surface area (Å²) in [6.07, 6.45) is 2.04. The average molecular weight is 348 g/mol. The number of aromatic nitrogens is 1. The van der Waals surface area contributed by atoms with E-state index in [2.05, 4.69) is 34.6 Å². The van der Waals surface area contributed by atoms with E-state index in [0.29, 0.717) is 0 Å². The first kappa shape index (κ1) is 17.0. The highest BCUT2D eigenvalue weighted by molar-refractivity contribution is 5.85. The minimum Gasteiger partial charge on any atom is -0.485 e. The minimum atomic E-state index is -0.659. The van der Waals surface area contributed by atoms with Gasteiger partial charge in [0.1, 0.15) is 17.5 Å². The molecule has 0 amide bonds. The summed E-state index contributed by atoms with van der Waals surface area (Å²) < 4.78 is 6.12. The Kier molecular flexibility index (Phi) is 4.39. The second-order valence-electron chi connectivity index (χ2n) is 7.37. The van der Waals surface area contributed by atoms with E-state index in [4.69, 9.17) is 4.74 Å². The molecule has 1 aromatic heterocycles. The number of hydrogen-bond acceptors (Lipinski definition) is 4. The summed E-state index contributed by atoms with van der Waals surface area (Å²) in [5.74, 6) is 0.818. The number of benzene rings is 2. The van der Waals surface area contributed by atoms with Crippen LogP contribution < -0.4 is 10.1 Å². The number of rotatable bonds is 4. The van der Waals surface area contributed by atoms with Crippen LogP contribution in [0.15, 0.2) is 60.8 Å². The van der Waals surface area contributed by atoms with Crippen molar-refractivity contribution in [1.29, 1.82) is 0 Å². The van der Waals surface area contributed by atoms with E-state index in [-0.39, 0.29) is 6.04 Å². The van der Waals surface area contributed by atoms with Crippen LogP contribution in [0, 0.1) is 0 Å². The quantitative estimate of drug-likeness (QED) is 0.756. The van der Waals surface area contributed by atoms with Crippen LogP contribution in [-0.2, 0) is 6.42 Å². The number of hydrogen-bond donors (Lipinski definition) is 2. The summed E-state index contributed by atoms with van der Waals surface area (Å²) in [7, 11) is 0. The van der Waals surface area contributed by atoms with Crippen LogP contribution in [-0.4, -0.2) is 28.3 Å². The number of aliphatic hydroxyl groups excluding tert-OH is 1. The van der Waals surface area contributed by atoms with Crippen LogP contribution in [0.3, 0.4) is 0 Å². The molecule has 0 bridgehead atoms. The maximum Gasteiger partial charge on any atom is 0.131 e. The number of nitrogens with zero attached hydrogens (tertiary/aromatic N) is 1. The van der Waals surface area contributed by atoms with Crippen LogP contribution in [0.25, 0.3) is 10.9 Å². The predicted molar refractivity (Wildman–Crippen MR) is 103 cm³/mol. The molecule has 2 aromatic carbocycles. The van der Waals surface area contributed by atoms with Gasteiger partial charge in [0.15, 0.2) is 0 Å². The molecule has 3 aromatic rings. The Balaban J connectivity index is 1.67. The zero-order valence-corrected chi connectivity index (χ0v) is 15.1. The first-order chi connectivity index (χ1) is 12.6. The molecule has 0 spiro atoms. The summed E-state index contributed by atoms with van der Waals surface area (Å²) in [6.45, 7) is 4.64. The average Bonchev–Trinajstić information content (AvgIpc) is 2.65. The monoisotopic (exact) mass is 348 g/mol. The molecule has 2 atom stereocenters. The topological polar surface area (TPSA) is 54.4 Å². The maximum absolute atomic E-state index is 11.0. The zero-order valence-electron chi connectivity index (χ0n) is 15.1. The van der Waals surface area contributed by atoms with Crippen molar-refractivity contribution in [2.45, 2.75) is 38.0 Å². The van der Waals surface area contributed by atoms with Crippen molar-refractivity contribution >= 4 is 10.9 Å². The first-order valence-electron chi connectivity index (χ1n) is 9.08. The van der Waals surface area contributed by atoms with E-state index in [1.807, 2.05) is 44.2 Å². The normalized spacial score (nSPS) is 21.2. The molecular formula is C22H24N2O2. The van der Waals surface area contributed by atoms with Crippen molar-refractivity contribution in [3.63, 3.8) is 0 Å². The van der Waals surface area contributed by atoms with Crippen LogP contribution in [0.4, 0.5) is 0 Å². The summed E-state index contributed by atoms with van der Waals surface area (Å²) in [5, 5.41) is 15.6. The molecule has 0 saturated carbocycles. The van der Waals surface area contributed by atoms with Gasteiger partial charge in [-0.2, -0.15) is 0 Å². The van der Waals surface area contributed by atoms with Crippen molar-refractivity contribution in [3.8, 4) is 5.75 Å². The second kappa shape index (κ2) is 6.71. The highest BCUT2D eigenvalue weighted by Crippen LogP contribution is 2.43. The first-order valence-corrected chi connectivity index (χ1v) is 9.08. The van der Waals surface area contributed by atoms with Gasteiger partial charge in [-0.15, -0.1) is 0 Å². The Morgan fingerprint density at radius 3 is 2.69 bits per heavy atom. The molecule has 2 N–H and O–H groups in total. The Labute approximate surface area is 153 Å². The molecule has 26 heavy (non-hydrogen) atoms. The Morgan fingerprint density at radius 1 is 1.08 bits per heavy atom. The molecule has 1 aliphatic rings. The minimum absolute atomic E-state index is 0.203. The van der Waals surface area contributed by atoms with Gasteiger partial charge in [-0.25, -0.2) is 0 Å². The largest absolute Gasteiger partial charge is 0.485 e. The summed E-state index contributed by atoms with van der Waals surface area (Å²) >= 11 is 0. The van der Waals surface area contributed by atoms with E-state index < -0.39 is 11.7 Å². The molecule has 4 nitrogen and oxygen atoms in total. The van der Waals surface area contributed by atoms with E-state index in [0.717, 1.165) is 35.2 Å². The molecule has 2 heterocycles. The molecular weight excluding hydrogens is 324 g/mol. The van der Waals surface area contributed by atoms with Gasteiger partial charge in [0.05, 0.1) is 11.6 Å². The fourth-order valence-corrected chi connectivity index (χ4v) is 3.70. The smallest absolute Gasteiger partial charge is 0.131 e. The molecule has 0 fully saturated rings. The van der Waals surface area contributed by atoms with Gasteiger partial charge in [0.25, 0.3) is 0 Å². The SMILES string of the molecule is CC1(C)Oc2ccc3ncccc3c2[C@@H](NCCc2ccccc2)[C@H]1O. The third kappa shape index (κ3) is 3.06. The molecule has 0 aliphatic carbocycles. The fourth-order valence-electron chi connectivity index (χ4n) is 3.70. The summed E-state index contributed by atoms with van der Waals surface area (Å²) in [4.78, 5) is 4.45. The second-order valence-corrected chi connectivity index (χ2v) is 7.37. The van der Waals surface area contributed by atoms with Gasteiger partial charge < -0.3 is 15.2 Å². The van der Waals surface area contributed by atoms with Crippen molar-refractivity contribution < 1.29 is 9.84 Å². The van der Waals surface area contributed by atoms with Crippen molar-refractivity contribution in [2.75, 3.05) is 6.54 Å². The standard InChI is InChI=1S/C22H24N2O2/c1-22(2)21(25)20(24-14-12-15-7-4-3-5-8-15)19-16-9-6-13-23-17(16)10-11-18(19)26-22/h3-11,13,20-21,24-25H,12,14H2,1-2H3/t20-,21-/m1/s1. The third-order valence-electron chi connectivity index (χ3n) is 5.12. The molecule has 4 rings (SSSR count). The van der Waals surface area contributed by atoms with Gasteiger partial charge >= 0.3 is 0 Å². The number of aliphatic hydroxyl groups is 1. The Morgan fingerprint density at radius 2 is 1.88 bits per heavy atom. The van der Waals surface area contributed by atoms with Gasteiger partial charge in [-0.3, -0.25) is 4.98 Å². The lowest BCUT2D eigenvalue weighted by molar-refractivity contribution is -0.0638. The predicted octanol–water partition coefficient (Wildman–Crippen LogP) is 3.64. The zero-order chi connectivity index (χ0) is 18.1. The number of nitrogens with one attached hydrogen (secondary N) is 1. The molecule has 0 unspecified atom stereocenters. The van der Waals surface area contributed by atoms with Crippen LogP contribution in [0.2, 0.25) is 0 Å². The number of fused-ring (bicyclic) bond motifs is 3. The highest BCUT2D eigenvalue weighted by Gasteiger charge is 2.43. The maximum atomic E-state index is 11.0. The van der Waals surface area contributed by atoms with E-state index in [1.54, 1.807) is 6.20 Å². The fraction of sp³-hybridized carbons (Fsp3) is 0.318. The number of ether oxygens (including phenoxy) is 1. The lowest BCUT2D eigenvalue weighted by Crippen LogP contribution is -2.52. The molecule has 4 heteroatoms. The lowest BCUT2D eigenvalue weighted by atomic mass is 9.84. The van der Waals surface area contributed by atoms with Crippen molar-refractivity contribution in [3.05, 3.63) is 71.9 Å². The van der Waals surface area contributed by atoms with Gasteiger partial charge in [0.2, 0.25) is 0 Å². The summed E-state index contributed by atoms with van der Waals surface area (Å²) in [5.41, 5.74) is 2.53. The van der Waals surface area contributed by atoms with Crippen LogP contribution >= 0.6 is 0 Å². The third-order valence-corrected chi connectivity index (χ3v) is 5.12. The van der Waals surface area contributed by atoms with Crippen molar-refractivity contribution in [2.24, 2.45) is 0 Å². The molecule has 134 valence electrons. The summed E-state index contributed by atoms with van der Waals surface area (Å²) in [6, 6.07) is 18.1. The van der Waals surface area contributed by atoms with Crippen molar-refractivity contribution in [1.82, 2.24) is 10.3 Å². The Hall–Kier alpha value is -2.43. The highest BCUT2D eigenvalue weighted by atomic mass is 16.5.